The zero-order valence-electron chi connectivity index (χ0n) is 12.3. The third-order valence-corrected chi connectivity index (χ3v) is 3.86. The number of amides is 1. The number of ether oxygens (including phenoxy) is 1. The van der Waals surface area contributed by atoms with E-state index in [1.54, 1.807) is 0 Å². The summed E-state index contributed by atoms with van der Waals surface area (Å²) in [5.74, 6) is -0.260. The quantitative estimate of drug-likeness (QED) is 0.866. The van der Waals surface area contributed by atoms with E-state index >= 15 is 0 Å². The van der Waals surface area contributed by atoms with E-state index in [0.29, 0.717) is 32.5 Å². The summed E-state index contributed by atoms with van der Waals surface area (Å²) in [6.45, 7) is 2.98. The number of nitrogens with zero attached hydrogens (tertiary/aromatic N) is 1. The van der Waals surface area contributed by atoms with Crippen molar-refractivity contribution in [1.29, 1.82) is 5.26 Å². The molecule has 1 atom stereocenters. The molecule has 1 saturated heterocycles. The number of nitrogens with one attached hydrogen (secondary N) is 1. The topological polar surface area (TPSA) is 88.1 Å². The number of carbonyl (C=O) groups excluding carboxylic acids is 1. The van der Waals surface area contributed by atoms with Crippen LogP contribution in [0, 0.1) is 18.3 Å². The molecule has 1 amide bonds. The van der Waals surface area contributed by atoms with Crippen molar-refractivity contribution in [2.24, 2.45) is 5.73 Å². The maximum Gasteiger partial charge on any atom is 0.241 e. The molecule has 0 spiro atoms. The van der Waals surface area contributed by atoms with Crippen molar-refractivity contribution in [3.05, 3.63) is 35.4 Å². The Morgan fingerprint density at radius 2 is 2.05 bits per heavy atom. The van der Waals surface area contributed by atoms with Gasteiger partial charge in [0.15, 0.2) is 0 Å². The minimum Gasteiger partial charge on any atom is -0.381 e. The lowest BCUT2D eigenvalue weighted by Gasteiger charge is -2.32. The molecule has 0 aromatic heterocycles. The predicted molar refractivity (Wildman–Crippen MR) is 79.4 cm³/mol. The van der Waals surface area contributed by atoms with Crippen LogP contribution in [-0.4, -0.2) is 30.7 Å². The molecule has 1 aliphatic heterocycles. The highest BCUT2D eigenvalue weighted by Crippen LogP contribution is 2.18. The number of carbonyl (C=O) groups is 1. The number of rotatable bonds is 4. The van der Waals surface area contributed by atoms with Crippen LogP contribution in [0.3, 0.4) is 0 Å². The Labute approximate surface area is 125 Å². The summed E-state index contributed by atoms with van der Waals surface area (Å²) in [5, 5.41) is 12.0. The molecule has 5 nitrogen and oxygen atoms in total. The summed E-state index contributed by atoms with van der Waals surface area (Å²) in [6.07, 6.45) is 1.46. The highest BCUT2D eigenvalue weighted by atomic mass is 16.5. The largest absolute Gasteiger partial charge is 0.381 e. The fraction of sp³-hybridized carbons (Fsp3) is 0.500. The minimum absolute atomic E-state index is 0.260. The van der Waals surface area contributed by atoms with Gasteiger partial charge in [0.25, 0.3) is 0 Å². The first kappa shape index (κ1) is 15.5. The van der Waals surface area contributed by atoms with Crippen LogP contribution in [0.15, 0.2) is 24.3 Å². The van der Waals surface area contributed by atoms with Gasteiger partial charge in [-0.1, -0.05) is 29.8 Å². The van der Waals surface area contributed by atoms with Crippen LogP contribution in [-0.2, 0) is 16.0 Å². The summed E-state index contributed by atoms with van der Waals surface area (Å²) in [5.41, 5.74) is 7.39. The van der Waals surface area contributed by atoms with Crippen LogP contribution in [0.1, 0.15) is 24.0 Å². The van der Waals surface area contributed by atoms with E-state index in [4.69, 9.17) is 10.5 Å². The molecule has 5 heteroatoms. The van der Waals surface area contributed by atoms with Crippen molar-refractivity contribution in [2.75, 3.05) is 13.2 Å². The number of nitriles is 1. The van der Waals surface area contributed by atoms with Gasteiger partial charge >= 0.3 is 0 Å². The second-order valence-corrected chi connectivity index (χ2v) is 5.61. The molecule has 2 rings (SSSR count). The first-order chi connectivity index (χ1) is 10.0. The minimum atomic E-state index is -0.916. The van der Waals surface area contributed by atoms with Crippen LogP contribution in [0.5, 0.6) is 0 Å². The molecular formula is C16H21N3O2. The summed E-state index contributed by atoms with van der Waals surface area (Å²) in [6, 6.07) is 9.50. The zero-order chi connectivity index (χ0) is 15.3. The predicted octanol–water partition coefficient (Wildman–Crippen LogP) is 1.05. The lowest BCUT2D eigenvalue weighted by Crippen LogP contribution is -2.58. The molecular weight excluding hydrogens is 266 g/mol. The van der Waals surface area contributed by atoms with Crippen LogP contribution in [0.25, 0.3) is 0 Å². The number of benzene rings is 1. The Kier molecular flexibility index (Phi) is 4.94. The van der Waals surface area contributed by atoms with Crippen molar-refractivity contribution in [1.82, 2.24) is 5.32 Å². The second kappa shape index (κ2) is 6.70. The summed E-state index contributed by atoms with van der Waals surface area (Å²) in [4.78, 5) is 12.3. The van der Waals surface area contributed by atoms with E-state index in [0.717, 1.165) is 5.56 Å². The van der Waals surface area contributed by atoms with Gasteiger partial charge < -0.3 is 15.8 Å². The van der Waals surface area contributed by atoms with Gasteiger partial charge in [-0.3, -0.25) is 4.79 Å². The molecule has 0 aliphatic carbocycles. The number of nitrogens with two attached hydrogens (primary N) is 1. The molecule has 112 valence electrons. The Morgan fingerprint density at radius 1 is 1.43 bits per heavy atom. The van der Waals surface area contributed by atoms with E-state index in [9.17, 15) is 10.1 Å². The van der Waals surface area contributed by atoms with Crippen LogP contribution >= 0.6 is 0 Å². The fourth-order valence-electron chi connectivity index (χ4n) is 2.35. The molecule has 0 radical (unpaired) electrons. The maximum absolute atomic E-state index is 12.3. The van der Waals surface area contributed by atoms with Crippen molar-refractivity contribution >= 4 is 5.91 Å². The number of hydrogen-bond donors (Lipinski definition) is 2. The van der Waals surface area contributed by atoms with Crippen molar-refractivity contribution in [2.45, 2.75) is 37.8 Å². The van der Waals surface area contributed by atoms with Crippen LogP contribution < -0.4 is 11.1 Å². The van der Waals surface area contributed by atoms with Crippen LogP contribution in [0.2, 0.25) is 0 Å². The first-order valence-corrected chi connectivity index (χ1v) is 7.16. The van der Waals surface area contributed by atoms with Gasteiger partial charge in [-0.15, -0.1) is 0 Å². The van der Waals surface area contributed by atoms with Gasteiger partial charge in [0, 0.05) is 19.6 Å². The van der Waals surface area contributed by atoms with Gasteiger partial charge in [0.2, 0.25) is 5.91 Å². The van der Waals surface area contributed by atoms with E-state index in [1.807, 2.05) is 31.2 Å². The van der Waals surface area contributed by atoms with E-state index in [-0.39, 0.29) is 5.91 Å². The van der Waals surface area contributed by atoms with Crippen molar-refractivity contribution in [3.8, 4) is 6.07 Å². The second-order valence-electron chi connectivity index (χ2n) is 5.61. The Bertz CT molecular complexity index is 527. The van der Waals surface area contributed by atoms with E-state index in [1.165, 1.54) is 5.56 Å². The highest BCUT2D eigenvalue weighted by Gasteiger charge is 2.36. The normalized spacial score (nSPS) is 18.5. The van der Waals surface area contributed by atoms with Gasteiger partial charge in [0.1, 0.15) is 6.04 Å². The smallest absolute Gasteiger partial charge is 0.241 e. The molecule has 1 unspecified atom stereocenters. The van der Waals surface area contributed by atoms with Crippen molar-refractivity contribution < 1.29 is 9.53 Å². The summed E-state index contributed by atoms with van der Waals surface area (Å²) < 4.78 is 5.23. The van der Waals surface area contributed by atoms with E-state index < -0.39 is 11.6 Å². The maximum atomic E-state index is 12.3. The monoisotopic (exact) mass is 287 g/mol. The lowest BCUT2D eigenvalue weighted by molar-refractivity contribution is -0.130. The lowest BCUT2D eigenvalue weighted by atomic mass is 9.90. The number of hydrogen-bond acceptors (Lipinski definition) is 4. The van der Waals surface area contributed by atoms with E-state index in [2.05, 4.69) is 11.4 Å². The number of aryl methyl sites for hydroxylation is 1. The Balaban J connectivity index is 1.97. The standard InChI is InChI=1S/C16H21N3O2/c1-12-2-4-13(5-3-12)10-14(11-17)19-15(20)16(18)6-8-21-9-7-16/h2-5,14H,6-10,18H2,1H3,(H,19,20). The molecule has 21 heavy (non-hydrogen) atoms. The van der Waals surface area contributed by atoms with Gasteiger partial charge in [-0.05, 0) is 25.3 Å². The van der Waals surface area contributed by atoms with Gasteiger partial charge in [-0.25, -0.2) is 0 Å². The van der Waals surface area contributed by atoms with Gasteiger partial charge in [-0.2, -0.15) is 5.26 Å². The fourth-order valence-corrected chi connectivity index (χ4v) is 2.35. The molecule has 1 aromatic carbocycles. The van der Waals surface area contributed by atoms with Crippen LogP contribution in [0.4, 0.5) is 0 Å². The SMILES string of the molecule is Cc1ccc(CC(C#N)NC(=O)C2(N)CCOCC2)cc1. The third kappa shape index (κ3) is 4.03. The zero-order valence-corrected chi connectivity index (χ0v) is 12.3. The Hall–Kier alpha value is -1.90. The molecule has 1 fully saturated rings. The summed E-state index contributed by atoms with van der Waals surface area (Å²) >= 11 is 0. The molecule has 0 bridgehead atoms. The Morgan fingerprint density at radius 3 is 2.62 bits per heavy atom. The molecule has 1 heterocycles. The molecule has 0 saturated carbocycles. The third-order valence-electron chi connectivity index (χ3n) is 3.86. The first-order valence-electron chi connectivity index (χ1n) is 7.16. The molecule has 3 N–H and O–H groups in total. The highest BCUT2D eigenvalue weighted by molar-refractivity contribution is 5.86. The molecule has 1 aromatic rings. The molecule has 1 aliphatic rings. The summed E-state index contributed by atoms with van der Waals surface area (Å²) in [7, 11) is 0. The average Bonchev–Trinajstić information content (AvgIpc) is 2.49. The van der Waals surface area contributed by atoms with Crippen molar-refractivity contribution in [3.63, 3.8) is 0 Å². The average molecular weight is 287 g/mol. The van der Waals surface area contributed by atoms with Gasteiger partial charge in [0.05, 0.1) is 11.6 Å².